The highest BCUT2D eigenvalue weighted by atomic mass is 19.1. The predicted molar refractivity (Wildman–Crippen MR) is 70.2 cm³/mol. The summed E-state index contributed by atoms with van der Waals surface area (Å²) in [6.45, 7) is 3.17. The number of nitrogens with one attached hydrogen (secondary N) is 1. The van der Waals surface area contributed by atoms with Gasteiger partial charge >= 0.3 is 0 Å². The first-order valence-corrected chi connectivity index (χ1v) is 5.81. The monoisotopic (exact) mass is 261 g/mol. The van der Waals surface area contributed by atoms with E-state index >= 15 is 0 Å². The first-order valence-electron chi connectivity index (χ1n) is 5.81. The molecule has 0 saturated carbocycles. The zero-order valence-corrected chi connectivity index (χ0v) is 10.6. The van der Waals surface area contributed by atoms with E-state index in [0.717, 1.165) is 0 Å². The van der Waals surface area contributed by atoms with Crippen LogP contribution in [0.3, 0.4) is 0 Å². The van der Waals surface area contributed by atoms with Crippen molar-refractivity contribution in [3.05, 3.63) is 64.7 Å². The summed E-state index contributed by atoms with van der Waals surface area (Å²) in [5.74, 6) is -1.14. The van der Waals surface area contributed by atoms with Gasteiger partial charge in [0.05, 0.1) is 0 Å². The van der Waals surface area contributed by atoms with Crippen LogP contribution in [0.15, 0.2) is 36.4 Å². The van der Waals surface area contributed by atoms with Gasteiger partial charge in [-0.1, -0.05) is 6.07 Å². The molecule has 0 saturated heterocycles. The molecule has 2 nitrogen and oxygen atoms in total. The van der Waals surface area contributed by atoms with Crippen LogP contribution in [-0.4, -0.2) is 5.91 Å². The lowest BCUT2D eigenvalue weighted by Crippen LogP contribution is -2.13. The Hall–Kier alpha value is -2.23. The minimum atomic E-state index is -0.392. The fraction of sp³-hybridized carbons (Fsp3) is 0.133. The number of halogens is 2. The third-order valence-electron chi connectivity index (χ3n) is 2.94. The van der Waals surface area contributed by atoms with E-state index in [2.05, 4.69) is 5.32 Å². The third kappa shape index (κ3) is 2.78. The van der Waals surface area contributed by atoms with Gasteiger partial charge in [0.2, 0.25) is 0 Å². The summed E-state index contributed by atoms with van der Waals surface area (Å²) in [4.78, 5) is 12.0. The number of hydrogen-bond acceptors (Lipinski definition) is 1. The molecule has 4 heteroatoms. The molecule has 2 aromatic rings. The van der Waals surface area contributed by atoms with Crippen LogP contribution >= 0.6 is 0 Å². The van der Waals surface area contributed by atoms with Crippen LogP contribution in [0.1, 0.15) is 21.5 Å². The number of carbonyl (C=O) groups excluding carboxylic acids is 1. The quantitative estimate of drug-likeness (QED) is 0.874. The maximum absolute atomic E-state index is 13.3. The van der Waals surface area contributed by atoms with Gasteiger partial charge in [-0.25, -0.2) is 8.78 Å². The van der Waals surface area contributed by atoms with E-state index in [-0.39, 0.29) is 11.6 Å². The maximum Gasteiger partial charge on any atom is 0.255 e. The molecule has 0 aromatic heterocycles. The Morgan fingerprint density at radius 3 is 2.47 bits per heavy atom. The Balaban J connectivity index is 2.26. The average Bonchev–Trinajstić information content (AvgIpc) is 2.38. The minimum Gasteiger partial charge on any atom is -0.322 e. The fourth-order valence-electron chi connectivity index (χ4n) is 1.72. The van der Waals surface area contributed by atoms with Crippen molar-refractivity contribution in [1.29, 1.82) is 0 Å². The molecule has 0 bridgehead atoms. The molecule has 0 fully saturated rings. The molecule has 19 heavy (non-hydrogen) atoms. The molecule has 0 aliphatic rings. The van der Waals surface area contributed by atoms with E-state index in [0.29, 0.717) is 22.4 Å². The van der Waals surface area contributed by atoms with Crippen LogP contribution < -0.4 is 5.32 Å². The Morgan fingerprint density at radius 1 is 1.05 bits per heavy atom. The van der Waals surface area contributed by atoms with E-state index in [9.17, 15) is 13.6 Å². The topological polar surface area (TPSA) is 29.1 Å². The van der Waals surface area contributed by atoms with Crippen LogP contribution in [0, 0.1) is 25.5 Å². The number of carbonyl (C=O) groups is 1. The molecule has 2 rings (SSSR count). The van der Waals surface area contributed by atoms with Gasteiger partial charge in [-0.15, -0.1) is 0 Å². The number of rotatable bonds is 2. The standard InChI is InChI=1S/C15H13F2NO/c1-9-8-11(6-7-12(9)16)15(19)18-14-5-3-4-13(17)10(14)2/h3-8H,1-2H3,(H,18,19). The summed E-state index contributed by atoms with van der Waals surface area (Å²) >= 11 is 0. The highest BCUT2D eigenvalue weighted by Gasteiger charge is 2.10. The van der Waals surface area contributed by atoms with E-state index < -0.39 is 5.91 Å². The molecular weight excluding hydrogens is 248 g/mol. The van der Waals surface area contributed by atoms with E-state index in [1.54, 1.807) is 19.9 Å². The number of anilines is 1. The zero-order valence-electron chi connectivity index (χ0n) is 10.6. The Bertz CT molecular complexity index is 638. The van der Waals surface area contributed by atoms with Crippen LogP contribution in [0.5, 0.6) is 0 Å². The van der Waals surface area contributed by atoms with Crippen LogP contribution in [-0.2, 0) is 0 Å². The van der Waals surface area contributed by atoms with Crippen molar-refractivity contribution in [3.63, 3.8) is 0 Å². The summed E-state index contributed by atoms with van der Waals surface area (Å²) in [7, 11) is 0. The lowest BCUT2D eigenvalue weighted by Gasteiger charge is -2.09. The maximum atomic E-state index is 13.3. The summed E-state index contributed by atoms with van der Waals surface area (Å²) in [5, 5.41) is 2.61. The first kappa shape index (κ1) is 13.2. The lowest BCUT2D eigenvalue weighted by atomic mass is 10.1. The minimum absolute atomic E-state index is 0.336. The third-order valence-corrected chi connectivity index (χ3v) is 2.94. The molecule has 1 N–H and O–H groups in total. The second kappa shape index (κ2) is 5.18. The number of hydrogen-bond donors (Lipinski definition) is 1. The van der Waals surface area contributed by atoms with Gasteiger partial charge in [0, 0.05) is 16.8 Å². The molecule has 0 aliphatic carbocycles. The first-order chi connectivity index (χ1) is 8.99. The normalized spacial score (nSPS) is 10.3. The van der Waals surface area contributed by atoms with Crippen molar-refractivity contribution in [1.82, 2.24) is 0 Å². The second-order valence-electron chi connectivity index (χ2n) is 4.33. The summed E-state index contributed by atoms with van der Waals surface area (Å²) in [6.07, 6.45) is 0. The Labute approximate surface area is 110 Å². The molecular formula is C15H13F2NO. The number of aryl methyl sites for hydroxylation is 1. The van der Waals surface area contributed by atoms with Gasteiger partial charge in [0.1, 0.15) is 11.6 Å². The molecule has 0 unspecified atom stereocenters. The average molecular weight is 261 g/mol. The number of benzene rings is 2. The second-order valence-corrected chi connectivity index (χ2v) is 4.33. The number of amides is 1. The van der Waals surface area contributed by atoms with Gasteiger partial charge in [0.25, 0.3) is 5.91 Å². The molecule has 0 aliphatic heterocycles. The molecule has 2 aromatic carbocycles. The SMILES string of the molecule is Cc1cc(C(=O)Nc2cccc(F)c2C)ccc1F. The van der Waals surface area contributed by atoms with E-state index in [1.165, 1.54) is 30.3 Å². The van der Waals surface area contributed by atoms with Gasteiger partial charge in [-0.05, 0) is 49.7 Å². The Morgan fingerprint density at radius 2 is 1.79 bits per heavy atom. The smallest absolute Gasteiger partial charge is 0.255 e. The van der Waals surface area contributed by atoms with Gasteiger partial charge in [-0.2, -0.15) is 0 Å². The highest BCUT2D eigenvalue weighted by Crippen LogP contribution is 2.19. The van der Waals surface area contributed by atoms with E-state index in [4.69, 9.17) is 0 Å². The van der Waals surface area contributed by atoms with Crippen LogP contribution in [0.4, 0.5) is 14.5 Å². The Kier molecular flexibility index (Phi) is 3.60. The van der Waals surface area contributed by atoms with Crippen molar-refractivity contribution < 1.29 is 13.6 Å². The summed E-state index contributed by atoms with van der Waals surface area (Å²) in [6, 6.07) is 8.56. The zero-order chi connectivity index (χ0) is 14.0. The molecule has 0 spiro atoms. The van der Waals surface area contributed by atoms with Gasteiger partial charge in [-0.3, -0.25) is 4.79 Å². The summed E-state index contributed by atoms with van der Waals surface area (Å²) in [5.41, 5.74) is 1.51. The van der Waals surface area contributed by atoms with E-state index in [1.807, 2.05) is 0 Å². The largest absolute Gasteiger partial charge is 0.322 e. The molecule has 0 heterocycles. The van der Waals surface area contributed by atoms with Crippen molar-refractivity contribution in [3.8, 4) is 0 Å². The highest BCUT2D eigenvalue weighted by molar-refractivity contribution is 6.04. The molecule has 98 valence electrons. The van der Waals surface area contributed by atoms with Gasteiger partial charge in [0.15, 0.2) is 0 Å². The molecule has 1 amide bonds. The van der Waals surface area contributed by atoms with Crippen molar-refractivity contribution in [2.24, 2.45) is 0 Å². The summed E-state index contributed by atoms with van der Waals surface area (Å²) < 4.78 is 26.5. The van der Waals surface area contributed by atoms with Crippen LogP contribution in [0.25, 0.3) is 0 Å². The van der Waals surface area contributed by atoms with Crippen molar-refractivity contribution >= 4 is 11.6 Å². The van der Waals surface area contributed by atoms with Crippen molar-refractivity contribution in [2.75, 3.05) is 5.32 Å². The fourth-order valence-corrected chi connectivity index (χ4v) is 1.72. The van der Waals surface area contributed by atoms with Gasteiger partial charge < -0.3 is 5.32 Å². The molecule has 0 radical (unpaired) electrons. The van der Waals surface area contributed by atoms with Crippen molar-refractivity contribution in [2.45, 2.75) is 13.8 Å². The van der Waals surface area contributed by atoms with Crippen LogP contribution in [0.2, 0.25) is 0 Å². The molecule has 0 atom stereocenters. The predicted octanol–water partition coefficient (Wildman–Crippen LogP) is 3.83. The lowest BCUT2D eigenvalue weighted by molar-refractivity contribution is 0.102.